The molecule has 0 unspecified atom stereocenters. The molecule has 2 aliphatic heterocycles. The monoisotopic (exact) mass is 1620 g/mol. The average molecular weight is 1630 g/mol. The van der Waals surface area contributed by atoms with Gasteiger partial charge >= 0.3 is 0 Å². The molecule has 0 amide bonds. The summed E-state index contributed by atoms with van der Waals surface area (Å²) < 4.78 is 12.8. The fourth-order valence-electron chi connectivity index (χ4n) is 15.1. The zero-order valence-electron chi connectivity index (χ0n) is 78.1. The van der Waals surface area contributed by atoms with Crippen LogP contribution in [-0.4, -0.2) is 102 Å². The lowest BCUT2D eigenvalue weighted by Crippen LogP contribution is -2.31. The van der Waals surface area contributed by atoms with Gasteiger partial charge in [-0.3, -0.25) is 34.4 Å². The van der Waals surface area contributed by atoms with Gasteiger partial charge in [-0.2, -0.15) is 19.8 Å². The maximum atomic E-state index is 4.85. The second-order valence-electron chi connectivity index (χ2n) is 36.5. The van der Waals surface area contributed by atoms with Crippen molar-refractivity contribution in [2.75, 3.05) is 13.2 Å². The largest absolute Gasteiger partial charge is 0.301 e. The number of imidazole rings is 2. The van der Waals surface area contributed by atoms with Crippen LogP contribution >= 0.6 is 0 Å². The molecule has 4 aromatic carbocycles. The zero-order valence-corrected chi connectivity index (χ0v) is 78.1. The second kappa shape index (κ2) is 41.6. The van der Waals surface area contributed by atoms with Crippen molar-refractivity contribution < 1.29 is 4.63 Å². The number of nitrogens with one attached hydrogen (secondary N) is 1. The molecular formula is C98H137N21O. The summed E-state index contributed by atoms with van der Waals surface area (Å²) >= 11 is 0. The molecule has 0 atom stereocenters. The van der Waals surface area contributed by atoms with Crippen LogP contribution in [-0.2, 0) is 0 Å². The number of aromatic amines is 1. The first kappa shape index (κ1) is 93.2. The summed E-state index contributed by atoms with van der Waals surface area (Å²) in [6.07, 6.45) is 22.8. The number of benzene rings is 4. The Balaban J connectivity index is 0.000000156. The molecule has 22 nitrogen and oxygen atoms in total. The van der Waals surface area contributed by atoms with Crippen molar-refractivity contribution in [1.29, 1.82) is 0 Å². The van der Waals surface area contributed by atoms with E-state index >= 15 is 0 Å². The third kappa shape index (κ3) is 21.6. The molecule has 0 radical (unpaired) electrons. The summed E-state index contributed by atoms with van der Waals surface area (Å²) in [4.78, 5) is 48.9. The van der Waals surface area contributed by atoms with Crippen molar-refractivity contribution in [3.05, 3.63) is 228 Å². The Kier molecular flexibility index (Phi) is 32.3. The lowest BCUT2D eigenvalue weighted by atomic mass is 9.93. The molecular weight excluding hydrogens is 1490 g/mol. The first-order valence-corrected chi connectivity index (χ1v) is 43.8. The SMILES string of the molecule is CC(C)c1ccc(C(C)C)c2[nH]ncc12.CC(C)c1ccc(C(C)C)c2c1=CCN=2.CC(C)c1ccc(C(C)C)c2c1=NCN=2.CC(C)c1ccc(C(C)C)c2nonc12.CC(C)c1cnc(C(C)C)n2ccnc12.CC(C)c1cnc(C(C)C)n2ncnc12.CC(C)c1ncc(C(C)C)n2ccnc12.CC(C)c1ncc(C(C)C)n2ncnc12. The molecule has 0 bridgehead atoms. The molecule has 0 saturated heterocycles. The molecule has 640 valence electrons. The first-order chi connectivity index (χ1) is 56.9. The van der Waals surface area contributed by atoms with E-state index in [0.29, 0.717) is 101 Å². The molecule has 0 aliphatic carbocycles. The van der Waals surface area contributed by atoms with Crippen LogP contribution in [0.5, 0.6) is 0 Å². The van der Waals surface area contributed by atoms with E-state index in [2.05, 4.69) is 371 Å². The molecule has 16 rings (SSSR count). The molecule has 120 heavy (non-hydrogen) atoms. The average Bonchev–Trinajstić information content (AvgIpc) is 1.83. The van der Waals surface area contributed by atoms with Crippen LogP contribution in [0.15, 0.2) is 137 Å². The molecule has 14 aromatic rings. The number of aromatic nitrogens is 18. The Hall–Kier alpha value is -10.6. The number of hydrogen-bond donors (Lipinski definition) is 1. The number of rotatable bonds is 16. The van der Waals surface area contributed by atoms with Gasteiger partial charge in [-0.25, -0.2) is 39.0 Å². The van der Waals surface area contributed by atoms with Gasteiger partial charge in [-0.1, -0.05) is 276 Å². The van der Waals surface area contributed by atoms with Gasteiger partial charge in [0.2, 0.25) is 0 Å². The Morgan fingerprint density at radius 1 is 0.317 bits per heavy atom. The maximum absolute atomic E-state index is 4.85. The van der Waals surface area contributed by atoms with E-state index in [1.165, 1.54) is 77.2 Å². The Labute approximate surface area is 712 Å². The predicted molar refractivity (Wildman–Crippen MR) is 491 cm³/mol. The quantitative estimate of drug-likeness (QED) is 0.0945. The van der Waals surface area contributed by atoms with E-state index in [9.17, 15) is 0 Å². The highest BCUT2D eigenvalue weighted by atomic mass is 16.6. The number of H-pyrrole nitrogens is 1. The van der Waals surface area contributed by atoms with E-state index in [1.54, 1.807) is 12.7 Å². The van der Waals surface area contributed by atoms with Crippen molar-refractivity contribution in [3.63, 3.8) is 0 Å². The van der Waals surface area contributed by atoms with Crippen LogP contribution in [0.1, 0.15) is 406 Å². The third-order valence-electron chi connectivity index (χ3n) is 21.9. The van der Waals surface area contributed by atoms with Crippen LogP contribution < -0.4 is 21.3 Å². The topological polar surface area (TPSA) is 251 Å². The third-order valence-corrected chi connectivity index (χ3v) is 21.9. The van der Waals surface area contributed by atoms with Gasteiger partial charge in [-0.15, -0.1) is 0 Å². The van der Waals surface area contributed by atoms with Crippen LogP contribution in [0.25, 0.3) is 50.6 Å². The van der Waals surface area contributed by atoms with Crippen molar-refractivity contribution in [3.8, 4) is 0 Å². The summed E-state index contributed by atoms with van der Waals surface area (Å²) in [7, 11) is 0. The molecule has 0 spiro atoms. The van der Waals surface area contributed by atoms with E-state index in [0.717, 1.165) is 85.2 Å². The predicted octanol–water partition coefficient (Wildman–Crippen LogP) is 22.5. The van der Waals surface area contributed by atoms with Crippen molar-refractivity contribution >= 4 is 50.6 Å². The summed E-state index contributed by atoms with van der Waals surface area (Å²) in [6, 6.07) is 17.7. The Morgan fingerprint density at radius 2 is 0.733 bits per heavy atom. The molecule has 12 heterocycles. The standard InChI is InChI=1S/C14H19N.2C13H18N2.2C12H17N3.C12H16N2O.2C11H16N4/c1-9(2)11-5-6-12(10(3)4)14-13(11)7-8-15-14;1-8(2)10-5-6-11(9(3)4)13-12(10)14-7-15-13;1-8(2)10-5-6-11(9(3)4)13-12(10)7-14-15-13;1-8(2)10-7-14-11(9(3)4)12-13-5-6-15(10)12;1-8(2)10-7-14-11(9(3)4)15-6-5-13-12(10)15;1-7(2)9-5-6-10(8(3)4)12-11(9)13-15-14-12;1-7(2)9-5-12-10(8(3)4)11-13-6-14-15(9)11;1-7(2)9-5-12-10(8(3)4)15-11(9)13-6-14-15/h5-7,9-10H,8H2,1-4H3;5-6,8-9H,7H2,1-4H3;5-9H,1-4H3,(H,14,15);2*5-9H,1-4H3;3*5-8H,1-4H3. The van der Waals surface area contributed by atoms with E-state index < -0.39 is 0 Å². The highest BCUT2D eigenvalue weighted by Gasteiger charge is 2.22. The minimum absolute atomic E-state index is 0.357. The van der Waals surface area contributed by atoms with Gasteiger partial charge in [0.1, 0.15) is 47.7 Å². The molecule has 1 N–H and O–H groups in total. The van der Waals surface area contributed by atoms with Crippen LogP contribution in [0.4, 0.5) is 0 Å². The van der Waals surface area contributed by atoms with Crippen molar-refractivity contribution in [1.82, 2.24) is 88.4 Å². The molecule has 22 heteroatoms. The Morgan fingerprint density at radius 3 is 1.23 bits per heavy atom. The van der Waals surface area contributed by atoms with Gasteiger partial charge in [0.05, 0.1) is 51.4 Å². The first-order valence-electron chi connectivity index (χ1n) is 43.8. The van der Waals surface area contributed by atoms with Crippen LogP contribution in [0, 0.1) is 0 Å². The highest BCUT2D eigenvalue weighted by Crippen LogP contribution is 2.33. The fraction of sp³-hybridized carbons (Fsp3) is 0.510. The summed E-state index contributed by atoms with van der Waals surface area (Å²) in [5, 5.41) is 29.9. The lowest BCUT2D eigenvalue weighted by Gasteiger charge is -2.12. The molecule has 0 saturated carbocycles. The number of nitrogens with zero attached hydrogens (tertiary/aromatic N) is 20. The maximum Gasteiger partial charge on any atom is 0.177 e. The van der Waals surface area contributed by atoms with Gasteiger partial charge in [0, 0.05) is 88.8 Å². The van der Waals surface area contributed by atoms with E-state index in [4.69, 9.17) is 4.63 Å². The van der Waals surface area contributed by atoms with Crippen LogP contribution in [0.2, 0.25) is 0 Å². The zero-order chi connectivity index (χ0) is 88.0. The van der Waals surface area contributed by atoms with Crippen molar-refractivity contribution in [2.24, 2.45) is 15.0 Å². The molecule has 0 fully saturated rings. The summed E-state index contributed by atoms with van der Waals surface area (Å²) in [6.45, 7) is 71.0. The van der Waals surface area contributed by atoms with Gasteiger partial charge in [0.25, 0.3) is 0 Å². The minimum atomic E-state index is 0.357. The van der Waals surface area contributed by atoms with Gasteiger partial charge in [0.15, 0.2) is 16.9 Å². The fourth-order valence-corrected chi connectivity index (χ4v) is 15.1. The second-order valence-corrected chi connectivity index (χ2v) is 36.5. The number of fused-ring (bicyclic) bond motifs is 8. The minimum Gasteiger partial charge on any atom is -0.301 e. The van der Waals surface area contributed by atoms with E-state index in [-0.39, 0.29) is 0 Å². The van der Waals surface area contributed by atoms with Gasteiger partial charge in [-0.05, 0) is 138 Å². The lowest BCUT2D eigenvalue weighted by molar-refractivity contribution is 0.315. The van der Waals surface area contributed by atoms with Gasteiger partial charge < -0.3 is 4.40 Å². The van der Waals surface area contributed by atoms with Crippen LogP contribution in [0.3, 0.4) is 0 Å². The molecule has 10 aromatic heterocycles. The summed E-state index contributed by atoms with van der Waals surface area (Å²) in [5.41, 5.74) is 24.3. The normalized spacial score (nSPS) is 12.4. The molecule has 2 aliphatic rings. The smallest absolute Gasteiger partial charge is 0.177 e. The summed E-state index contributed by atoms with van der Waals surface area (Å²) in [5.74, 6) is 9.54. The van der Waals surface area contributed by atoms with E-state index in [1.807, 2.05) is 64.8 Å². The number of hydrogen-bond acceptors (Lipinski definition) is 17. The highest BCUT2D eigenvalue weighted by molar-refractivity contribution is 5.85. The Bertz CT molecular complexity index is 4830. The van der Waals surface area contributed by atoms with Crippen molar-refractivity contribution in [2.45, 2.75) is 316 Å².